The summed E-state index contributed by atoms with van der Waals surface area (Å²) >= 11 is 0. The van der Waals surface area contributed by atoms with E-state index < -0.39 is 23.4 Å². The van der Waals surface area contributed by atoms with Gasteiger partial charge in [-0.3, -0.25) is 9.59 Å². The highest BCUT2D eigenvalue weighted by molar-refractivity contribution is 5.76. The van der Waals surface area contributed by atoms with Crippen LogP contribution in [0.5, 0.6) is 0 Å². The minimum atomic E-state index is -4.82. The van der Waals surface area contributed by atoms with Gasteiger partial charge in [0, 0.05) is 45.5 Å². The van der Waals surface area contributed by atoms with Gasteiger partial charge in [0.05, 0.1) is 36.6 Å². The van der Waals surface area contributed by atoms with Crippen molar-refractivity contribution in [1.82, 2.24) is 20.1 Å². The van der Waals surface area contributed by atoms with Gasteiger partial charge in [-0.2, -0.15) is 23.5 Å². The van der Waals surface area contributed by atoms with Gasteiger partial charge in [-0.05, 0) is 25.5 Å². The van der Waals surface area contributed by atoms with Crippen molar-refractivity contribution in [2.75, 3.05) is 55.7 Å². The first-order chi connectivity index (χ1) is 17.6. The molecule has 0 aromatic carbocycles. The number of aromatic nitrogens is 3. The zero-order valence-electron chi connectivity index (χ0n) is 20.8. The maximum Gasteiger partial charge on any atom is 0.423 e. The highest BCUT2D eigenvalue weighted by Crippen LogP contribution is 2.33. The fraction of sp³-hybridized carbons (Fsp3) is 0.542. The van der Waals surface area contributed by atoms with Crippen LogP contribution in [-0.4, -0.2) is 78.0 Å². The Balaban J connectivity index is 1.49. The highest BCUT2D eigenvalue weighted by atomic mass is 19.4. The molecule has 10 nitrogen and oxygen atoms in total. The number of hydrogen-bond donors (Lipinski definition) is 1. The molecule has 1 aliphatic heterocycles. The molecule has 1 N–H and O–H groups in total. The minimum Gasteiger partial charge on any atom is -0.376 e. The third-order valence-electron chi connectivity index (χ3n) is 5.98. The number of halogens is 3. The Kier molecular flexibility index (Phi) is 9.46. The number of alkyl halides is 3. The van der Waals surface area contributed by atoms with Crippen LogP contribution in [0.2, 0.25) is 0 Å². The average molecular weight is 522 g/mol. The van der Waals surface area contributed by atoms with Gasteiger partial charge in [0.2, 0.25) is 5.91 Å². The maximum atomic E-state index is 13.5. The van der Waals surface area contributed by atoms with Crippen LogP contribution in [0.1, 0.15) is 37.8 Å². The Morgan fingerprint density at radius 3 is 2.59 bits per heavy atom. The standard InChI is InChI=1S/C24H30F3N7O3/c1-3-7-34(19-15-30-31-23(36)22(19)24(25,26)27)16-17(2)37-12-6-21(35)33-10-8-32(9-11-33)20-5-4-18(13-28)14-29-20/h4-5,14-15,17H,3,6-12,16H2,1-2H3,(H,31,36)/t17-/m1/s1. The number of nitrogens with one attached hydrogen (secondary N) is 1. The first-order valence-corrected chi connectivity index (χ1v) is 12.0. The van der Waals surface area contributed by atoms with E-state index in [0.717, 1.165) is 12.0 Å². The van der Waals surface area contributed by atoms with Crippen molar-refractivity contribution >= 4 is 17.4 Å². The summed E-state index contributed by atoms with van der Waals surface area (Å²) in [5.74, 6) is 0.687. The van der Waals surface area contributed by atoms with Gasteiger partial charge in [-0.15, -0.1) is 0 Å². The van der Waals surface area contributed by atoms with Gasteiger partial charge in [-0.1, -0.05) is 6.92 Å². The van der Waals surface area contributed by atoms with Crippen LogP contribution in [0.3, 0.4) is 0 Å². The predicted octanol–water partition coefficient (Wildman–Crippen LogP) is 2.42. The largest absolute Gasteiger partial charge is 0.423 e. The number of pyridine rings is 1. The lowest BCUT2D eigenvalue weighted by Crippen LogP contribution is -2.49. The molecule has 0 saturated carbocycles. The fourth-order valence-corrected chi connectivity index (χ4v) is 4.18. The summed E-state index contributed by atoms with van der Waals surface area (Å²) in [6.07, 6.45) is -2.09. The minimum absolute atomic E-state index is 0.0665. The van der Waals surface area contributed by atoms with Crippen molar-refractivity contribution < 1.29 is 22.7 Å². The fourth-order valence-electron chi connectivity index (χ4n) is 4.18. The summed E-state index contributed by atoms with van der Waals surface area (Å²) in [5, 5.41) is 14.3. The van der Waals surface area contributed by atoms with Crippen molar-refractivity contribution in [3.05, 3.63) is 46.0 Å². The third-order valence-corrected chi connectivity index (χ3v) is 5.98. The van der Waals surface area contributed by atoms with Crippen LogP contribution in [0.4, 0.5) is 24.7 Å². The number of aromatic amines is 1. The number of H-pyrrole nitrogens is 1. The molecule has 1 aliphatic rings. The number of carbonyl (C=O) groups excluding carboxylic acids is 1. The number of hydrogen-bond acceptors (Lipinski definition) is 8. The van der Waals surface area contributed by atoms with E-state index in [9.17, 15) is 22.8 Å². The van der Waals surface area contributed by atoms with Crippen molar-refractivity contribution in [2.24, 2.45) is 0 Å². The van der Waals surface area contributed by atoms with Crippen LogP contribution in [0, 0.1) is 11.3 Å². The number of nitrogens with zero attached hydrogens (tertiary/aromatic N) is 6. The Morgan fingerprint density at radius 1 is 1.27 bits per heavy atom. The molecule has 200 valence electrons. The molecule has 1 fully saturated rings. The molecule has 0 aliphatic carbocycles. The quantitative estimate of drug-likeness (QED) is 0.507. The van der Waals surface area contributed by atoms with Gasteiger partial charge in [-0.25, -0.2) is 10.1 Å². The summed E-state index contributed by atoms with van der Waals surface area (Å²) in [7, 11) is 0. The molecule has 1 atom stereocenters. The van der Waals surface area contributed by atoms with Crippen LogP contribution < -0.4 is 15.4 Å². The molecule has 1 saturated heterocycles. The van der Waals surface area contributed by atoms with Crippen molar-refractivity contribution in [1.29, 1.82) is 5.26 Å². The third kappa shape index (κ3) is 7.42. The normalized spacial score (nSPS) is 14.8. The number of ether oxygens (including phenoxy) is 1. The molecule has 13 heteroatoms. The molecule has 0 spiro atoms. The molecule has 37 heavy (non-hydrogen) atoms. The molecule has 3 rings (SSSR count). The van der Waals surface area contributed by atoms with Crippen LogP contribution in [0.15, 0.2) is 29.3 Å². The molecule has 1 amide bonds. The smallest absolute Gasteiger partial charge is 0.376 e. The van der Waals surface area contributed by atoms with E-state index in [1.807, 2.05) is 23.0 Å². The molecule has 0 unspecified atom stereocenters. The van der Waals surface area contributed by atoms with Gasteiger partial charge in [0.15, 0.2) is 0 Å². The van der Waals surface area contributed by atoms with Crippen LogP contribution >= 0.6 is 0 Å². The number of rotatable bonds is 10. The van der Waals surface area contributed by atoms with Crippen LogP contribution in [-0.2, 0) is 15.7 Å². The average Bonchev–Trinajstić information content (AvgIpc) is 2.87. The summed E-state index contributed by atoms with van der Waals surface area (Å²) in [5.41, 5.74) is -2.38. The first kappa shape index (κ1) is 27.9. The molecule has 0 radical (unpaired) electrons. The second kappa shape index (κ2) is 12.5. The van der Waals surface area contributed by atoms with E-state index in [4.69, 9.17) is 10.00 Å². The highest BCUT2D eigenvalue weighted by Gasteiger charge is 2.38. The van der Waals surface area contributed by atoms with E-state index in [-0.39, 0.29) is 37.7 Å². The molecule has 2 aromatic rings. The lowest BCUT2D eigenvalue weighted by Gasteiger charge is -2.35. The Bertz CT molecular complexity index is 1140. The molecular weight excluding hydrogens is 491 g/mol. The monoisotopic (exact) mass is 521 g/mol. The van der Waals surface area contributed by atoms with E-state index >= 15 is 0 Å². The first-order valence-electron chi connectivity index (χ1n) is 12.0. The van der Waals surface area contributed by atoms with E-state index in [2.05, 4.69) is 10.1 Å². The van der Waals surface area contributed by atoms with Crippen molar-refractivity contribution in [2.45, 2.75) is 39.0 Å². The number of amides is 1. The van der Waals surface area contributed by atoms with Gasteiger partial charge in [0.25, 0.3) is 5.56 Å². The Hall–Kier alpha value is -3.66. The summed E-state index contributed by atoms with van der Waals surface area (Å²) in [6, 6.07) is 5.52. The topological polar surface area (TPSA) is 118 Å². The summed E-state index contributed by atoms with van der Waals surface area (Å²) in [4.78, 5) is 34.0. The van der Waals surface area contributed by atoms with E-state index in [1.54, 1.807) is 24.0 Å². The van der Waals surface area contributed by atoms with Gasteiger partial charge >= 0.3 is 6.18 Å². The molecular formula is C24H30F3N7O3. The second-order valence-electron chi connectivity index (χ2n) is 8.72. The van der Waals surface area contributed by atoms with Crippen molar-refractivity contribution in [3.8, 4) is 6.07 Å². The number of anilines is 2. The van der Waals surface area contributed by atoms with Crippen LogP contribution in [0.25, 0.3) is 0 Å². The van der Waals surface area contributed by atoms with Gasteiger partial charge < -0.3 is 19.4 Å². The van der Waals surface area contributed by atoms with E-state index in [1.165, 1.54) is 11.1 Å². The SMILES string of the molecule is CCCN(C[C@@H](C)OCCC(=O)N1CCN(c2ccc(C#N)cn2)CC1)c1cn[nH]c(=O)c1C(F)(F)F. The zero-order valence-corrected chi connectivity index (χ0v) is 20.8. The summed E-state index contributed by atoms with van der Waals surface area (Å²) < 4.78 is 46.2. The second-order valence-corrected chi connectivity index (χ2v) is 8.72. The van der Waals surface area contributed by atoms with Crippen molar-refractivity contribution in [3.63, 3.8) is 0 Å². The molecule has 3 heterocycles. The molecule has 2 aromatic heterocycles. The Labute approximate surface area is 212 Å². The van der Waals surface area contributed by atoms with E-state index in [0.29, 0.717) is 38.2 Å². The lowest BCUT2D eigenvalue weighted by atomic mass is 10.2. The lowest BCUT2D eigenvalue weighted by molar-refractivity contribution is -0.138. The number of nitriles is 1. The Morgan fingerprint density at radius 2 is 2.00 bits per heavy atom. The number of carbonyl (C=O) groups is 1. The predicted molar refractivity (Wildman–Crippen MR) is 130 cm³/mol. The maximum absolute atomic E-state index is 13.5. The summed E-state index contributed by atoms with van der Waals surface area (Å²) in [6.45, 7) is 6.31. The molecule has 0 bridgehead atoms. The zero-order chi connectivity index (χ0) is 27.0. The van der Waals surface area contributed by atoms with Gasteiger partial charge in [0.1, 0.15) is 17.5 Å². The number of piperazine rings is 1.